The van der Waals surface area contributed by atoms with E-state index in [-0.39, 0.29) is 11.7 Å². The van der Waals surface area contributed by atoms with Crippen molar-refractivity contribution < 1.29 is 9.53 Å². The van der Waals surface area contributed by atoms with Crippen molar-refractivity contribution >= 4 is 40.3 Å². The first-order valence-corrected chi connectivity index (χ1v) is 6.11. The molecule has 84 valence electrons. The van der Waals surface area contributed by atoms with Crippen LogP contribution in [0.5, 0.6) is 0 Å². The van der Waals surface area contributed by atoms with Crippen molar-refractivity contribution in [2.45, 2.75) is 13.3 Å². The van der Waals surface area contributed by atoms with E-state index in [2.05, 4.69) is 0 Å². The van der Waals surface area contributed by atoms with Gasteiger partial charge in [-0.25, -0.2) is 0 Å². The van der Waals surface area contributed by atoms with E-state index in [1.807, 2.05) is 6.92 Å². The van der Waals surface area contributed by atoms with Crippen LogP contribution in [-0.2, 0) is 4.74 Å². The predicted octanol–water partition coefficient (Wildman–Crippen LogP) is 3.91. The van der Waals surface area contributed by atoms with Crippen molar-refractivity contribution in [1.82, 2.24) is 0 Å². The summed E-state index contributed by atoms with van der Waals surface area (Å²) in [7, 11) is 1.62. The summed E-state index contributed by atoms with van der Waals surface area (Å²) in [6.45, 7) is 2.44. The molecule has 5 heteroatoms. The first-order valence-electron chi connectivity index (χ1n) is 4.54. The van der Waals surface area contributed by atoms with E-state index in [4.69, 9.17) is 27.9 Å². The molecule has 1 aromatic heterocycles. The molecule has 1 heterocycles. The fourth-order valence-corrected chi connectivity index (χ4v) is 2.67. The molecular formula is C10H12Cl2O2S. The smallest absolute Gasteiger partial charge is 0.168 e. The van der Waals surface area contributed by atoms with Gasteiger partial charge in [-0.15, -0.1) is 11.3 Å². The summed E-state index contributed by atoms with van der Waals surface area (Å²) >= 11 is 12.9. The zero-order chi connectivity index (χ0) is 11.4. The number of Topliss-reactive ketones (excluding diaryl/α,β-unsaturated/α-hetero) is 1. The number of methoxy groups -OCH3 is 1. The summed E-state index contributed by atoms with van der Waals surface area (Å²) < 4.78 is 5.94. The van der Waals surface area contributed by atoms with Crippen LogP contribution in [0.1, 0.15) is 23.7 Å². The molecule has 1 atom stereocenters. The average molecular weight is 267 g/mol. The van der Waals surface area contributed by atoms with Gasteiger partial charge in [-0.05, 0) is 12.5 Å². The Labute approximate surface area is 103 Å². The zero-order valence-corrected chi connectivity index (χ0v) is 10.9. The lowest BCUT2D eigenvalue weighted by Gasteiger charge is -2.08. The quantitative estimate of drug-likeness (QED) is 0.756. The standard InChI is InChI=1S/C10H12Cl2O2S/c1-6(3-4-14-2)9(13)7-5-8(11)15-10(7)12/h5-6H,3-4H2,1-2H3. The fraction of sp³-hybridized carbons (Fsp3) is 0.500. The largest absolute Gasteiger partial charge is 0.385 e. The second kappa shape index (κ2) is 5.85. The van der Waals surface area contributed by atoms with Crippen LogP contribution in [0.25, 0.3) is 0 Å². The Kier molecular flexibility index (Phi) is 5.06. The van der Waals surface area contributed by atoms with E-state index in [0.29, 0.717) is 27.3 Å². The Bertz CT molecular complexity index is 349. The monoisotopic (exact) mass is 266 g/mol. The Morgan fingerprint density at radius 3 is 2.73 bits per heavy atom. The lowest BCUT2D eigenvalue weighted by atomic mass is 9.99. The van der Waals surface area contributed by atoms with Crippen LogP contribution in [0, 0.1) is 5.92 Å². The molecule has 0 spiro atoms. The highest BCUT2D eigenvalue weighted by Crippen LogP contribution is 2.32. The van der Waals surface area contributed by atoms with Gasteiger partial charge in [0.1, 0.15) is 4.34 Å². The molecule has 0 radical (unpaired) electrons. The highest BCUT2D eigenvalue weighted by Gasteiger charge is 2.19. The minimum atomic E-state index is -0.0897. The van der Waals surface area contributed by atoms with Crippen LogP contribution >= 0.6 is 34.5 Å². The minimum Gasteiger partial charge on any atom is -0.385 e. The van der Waals surface area contributed by atoms with E-state index in [9.17, 15) is 4.79 Å². The van der Waals surface area contributed by atoms with Crippen LogP contribution in [0.2, 0.25) is 8.67 Å². The van der Waals surface area contributed by atoms with Gasteiger partial charge in [0.05, 0.1) is 4.34 Å². The molecule has 0 N–H and O–H groups in total. The van der Waals surface area contributed by atoms with E-state index in [1.165, 1.54) is 11.3 Å². The fourth-order valence-electron chi connectivity index (χ4n) is 1.20. The molecule has 1 rings (SSSR count). The Balaban J connectivity index is 2.71. The zero-order valence-electron chi connectivity index (χ0n) is 8.55. The van der Waals surface area contributed by atoms with Crippen molar-refractivity contribution in [3.05, 3.63) is 20.3 Å². The van der Waals surface area contributed by atoms with Gasteiger partial charge in [0, 0.05) is 25.2 Å². The van der Waals surface area contributed by atoms with Crippen molar-refractivity contribution in [1.29, 1.82) is 0 Å². The summed E-state index contributed by atoms with van der Waals surface area (Å²) in [5, 5.41) is 0. The Morgan fingerprint density at radius 2 is 2.27 bits per heavy atom. The minimum absolute atomic E-state index is 0.0280. The maximum absolute atomic E-state index is 11.9. The summed E-state index contributed by atoms with van der Waals surface area (Å²) in [6.07, 6.45) is 0.694. The Hall–Kier alpha value is -0.0900. The third-order valence-electron chi connectivity index (χ3n) is 2.12. The second-order valence-corrected chi connectivity index (χ2v) is 5.57. The number of rotatable bonds is 5. The molecule has 1 aromatic rings. The van der Waals surface area contributed by atoms with Gasteiger partial charge in [0.15, 0.2) is 5.78 Å². The number of ketones is 1. The molecule has 0 aliphatic rings. The van der Waals surface area contributed by atoms with Gasteiger partial charge in [0.25, 0.3) is 0 Å². The van der Waals surface area contributed by atoms with Crippen molar-refractivity contribution in [3.8, 4) is 0 Å². The molecule has 0 saturated heterocycles. The van der Waals surface area contributed by atoms with Crippen LogP contribution in [0.3, 0.4) is 0 Å². The SMILES string of the molecule is COCCC(C)C(=O)c1cc(Cl)sc1Cl. The van der Waals surface area contributed by atoms with Crippen LogP contribution in [0.15, 0.2) is 6.07 Å². The second-order valence-electron chi connectivity index (χ2n) is 3.28. The van der Waals surface area contributed by atoms with Gasteiger partial charge in [-0.3, -0.25) is 4.79 Å². The van der Waals surface area contributed by atoms with Crippen LogP contribution in [0.4, 0.5) is 0 Å². The summed E-state index contributed by atoms with van der Waals surface area (Å²) in [5.74, 6) is -0.0617. The molecule has 1 unspecified atom stereocenters. The molecule has 2 nitrogen and oxygen atoms in total. The van der Waals surface area contributed by atoms with Gasteiger partial charge in [-0.2, -0.15) is 0 Å². The first kappa shape index (κ1) is 13.0. The molecule has 0 aliphatic heterocycles. The van der Waals surface area contributed by atoms with Crippen molar-refractivity contribution in [3.63, 3.8) is 0 Å². The number of carbonyl (C=O) groups is 1. The van der Waals surface area contributed by atoms with E-state index in [0.717, 1.165) is 0 Å². The molecule has 0 amide bonds. The maximum Gasteiger partial charge on any atom is 0.168 e. The predicted molar refractivity (Wildman–Crippen MR) is 64.3 cm³/mol. The molecule has 0 saturated carbocycles. The molecule has 15 heavy (non-hydrogen) atoms. The summed E-state index contributed by atoms with van der Waals surface area (Å²) in [6, 6.07) is 1.63. The van der Waals surface area contributed by atoms with Gasteiger partial charge >= 0.3 is 0 Å². The van der Waals surface area contributed by atoms with Gasteiger partial charge < -0.3 is 4.74 Å². The lowest BCUT2D eigenvalue weighted by Crippen LogP contribution is -2.12. The summed E-state index contributed by atoms with van der Waals surface area (Å²) in [5.41, 5.74) is 0.523. The topological polar surface area (TPSA) is 26.3 Å². The highest BCUT2D eigenvalue weighted by atomic mass is 35.5. The molecule has 0 aromatic carbocycles. The number of hydrogen-bond donors (Lipinski definition) is 0. The van der Waals surface area contributed by atoms with E-state index in [1.54, 1.807) is 13.2 Å². The molecular weight excluding hydrogens is 255 g/mol. The Morgan fingerprint density at radius 1 is 1.60 bits per heavy atom. The number of thiophene rings is 1. The third kappa shape index (κ3) is 3.45. The number of carbonyl (C=O) groups excluding carboxylic acids is 1. The lowest BCUT2D eigenvalue weighted by molar-refractivity contribution is 0.0894. The van der Waals surface area contributed by atoms with E-state index >= 15 is 0 Å². The van der Waals surface area contributed by atoms with Crippen molar-refractivity contribution in [2.24, 2.45) is 5.92 Å². The number of hydrogen-bond acceptors (Lipinski definition) is 3. The number of halogens is 2. The highest BCUT2D eigenvalue weighted by molar-refractivity contribution is 7.20. The normalized spacial score (nSPS) is 12.8. The molecule has 0 aliphatic carbocycles. The first-order chi connectivity index (χ1) is 7.06. The summed E-state index contributed by atoms with van der Waals surface area (Å²) in [4.78, 5) is 11.9. The van der Waals surface area contributed by atoms with E-state index < -0.39 is 0 Å². The van der Waals surface area contributed by atoms with Gasteiger partial charge in [0.2, 0.25) is 0 Å². The molecule has 0 fully saturated rings. The van der Waals surface area contributed by atoms with Crippen LogP contribution in [-0.4, -0.2) is 19.5 Å². The third-order valence-corrected chi connectivity index (χ3v) is 3.61. The van der Waals surface area contributed by atoms with Crippen molar-refractivity contribution in [2.75, 3.05) is 13.7 Å². The maximum atomic E-state index is 11.9. The average Bonchev–Trinajstić information content (AvgIpc) is 2.53. The van der Waals surface area contributed by atoms with Crippen LogP contribution < -0.4 is 0 Å². The van der Waals surface area contributed by atoms with Gasteiger partial charge in [-0.1, -0.05) is 30.1 Å². The molecule has 0 bridgehead atoms. The number of ether oxygens (including phenoxy) is 1.